The number of anilines is 1. The van der Waals surface area contributed by atoms with E-state index in [9.17, 15) is 31.4 Å². The van der Waals surface area contributed by atoms with Crippen LogP contribution in [0.3, 0.4) is 0 Å². The average molecular weight is 513 g/mol. The predicted octanol–water partition coefficient (Wildman–Crippen LogP) is 0.551. The van der Waals surface area contributed by atoms with Crippen LogP contribution in [-0.2, 0) is 34.5 Å². The highest BCUT2D eigenvalue weighted by Crippen LogP contribution is 2.34. The largest absolute Gasteiger partial charge is 0.360 e. The molecule has 1 aromatic carbocycles. The molecule has 1 amide bonds. The van der Waals surface area contributed by atoms with Gasteiger partial charge < -0.3 is 20.3 Å². The number of sulfonamides is 2. The molecular weight excluding hydrogens is 496 g/mol. The van der Waals surface area contributed by atoms with Crippen molar-refractivity contribution >= 4 is 49.1 Å². The third kappa shape index (κ3) is 6.81. The van der Waals surface area contributed by atoms with Gasteiger partial charge in [0.1, 0.15) is 15.6 Å². The summed E-state index contributed by atoms with van der Waals surface area (Å²) in [5.41, 5.74) is 0.0157. The van der Waals surface area contributed by atoms with E-state index < -0.39 is 48.5 Å². The number of halogens is 1. The lowest BCUT2D eigenvalue weighted by molar-refractivity contribution is -0.122. The van der Waals surface area contributed by atoms with Crippen LogP contribution in [0.2, 0.25) is 5.02 Å². The molecule has 0 unspecified atom stereocenters. The Labute approximate surface area is 186 Å². The number of nitrogens with zero attached hydrogens (tertiary/aromatic N) is 3. The van der Waals surface area contributed by atoms with Crippen LogP contribution in [0.15, 0.2) is 37.0 Å². The molecule has 0 aromatic heterocycles. The van der Waals surface area contributed by atoms with Crippen molar-refractivity contribution in [2.45, 2.75) is 35.2 Å². The molecule has 18 heteroatoms. The number of rotatable bonds is 12. The first kappa shape index (κ1) is 25.4. The highest BCUT2D eigenvalue weighted by Gasteiger charge is 2.28. The van der Waals surface area contributed by atoms with Crippen molar-refractivity contribution in [2.75, 3.05) is 18.5 Å². The number of amides is 1. The second kappa shape index (κ2) is 10.6. The number of nitrogens with two attached hydrogens (primary N) is 1. The average Bonchev–Trinajstić information content (AvgIpc) is 2.68. The van der Waals surface area contributed by atoms with Gasteiger partial charge >= 0.3 is 0 Å². The summed E-state index contributed by atoms with van der Waals surface area (Å²) in [5.74, 6) is -0.453. The smallest absolute Gasteiger partial charge is 0.286 e. The van der Waals surface area contributed by atoms with E-state index in [0.29, 0.717) is 0 Å². The number of fused-ring (bicyclic) bond motifs is 1. The Hall–Kier alpha value is -2.89. The van der Waals surface area contributed by atoms with Crippen LogP contribution >= 0.6 is 11.6 Å². The Bertz CT molecular complexity index is 1140. The molecule has 15 nitrogen and oxygen atoms in total. The van der Waals surface area contributed by atoms with Gasteiger partial charge in [0, 0.05) is 12.8 Å². The number of carbonyl (C=O) groups is 1. The van der Waals surface area contributed by atoms with Crippen LogP contribution in [0, 0.1) is 9.81 Å². The first-order chi connectivity index (χ1) is 15.0. The van der Waals surface area contributed by atoms with E-state index in [2.05, 4.69) is 35.4 Å². The second-order valence-corrected chi connectivity index (χ2v) is 9.80. The zero-order valence-electron chi connectivity index (χ0n) is 16.1. The van der Waals surface area contributed by atoms with E-state index in [1.165, 1.54) is 0 Å². The fraction of sp³-hybridized carbons (Fsp3) is 0.429. The standard InChI is InChI=1S/C14H17ClN6O9S2/c15-9-4-10-12(5-11(9)31(16,25)26)32(27,28)19-13(18-10)2-1-3-14(22)17-6-8(30-21-24)7-29-20-23/h4-5,8H,1-3,6-7H2,(H,17,22)(H,18,19)(H2,16,25,26)/t8-/m0/s1. The van der Waals surface area contributed by atoms with Crippen LogP contribution in [0.1, 0.15) is 19.3 Å². The first-order valence-corrected chi connectivity index (χ1v) is 12.0. The van der Waals surface area contributed by atoms with Gasteiger partial charge in [0.15, 0.2) is 23.4 Å². The van der Waals surface area contributed by atoms with Crippen LogP contribution < -0.4 is 15.8 Å². The van der Waals surface area contributed by atoms with Gasteiger partial charge in [-0.15, -0.1) is 14.2 Å². The fourth-order valence-corrected chi connectivity index (χ4v) is 4.93. The zero-order chi connectivity index (χ0) is 23.9. The van der Waals surface area contributed by atoms with Crippen LogP contribution in [0.25, 0.3) is 0 Å². The monoisotopic (exact) mass is 512 g/mol. The predicted molar refractivity (Wildman–Crippen MR) is 110 cm³/mol. The van der Waals surface area contributed by atoms with Crippen molar-refractivity contribution < 1.29 is 31.3 Å². The maximum atomic E-state index is 12.4. The topological polar surface area (TPSA) is 225 Å². The maximum absolute atomic E-state index is 12.4. The van der Waals surface area contributed by atoms with Crippen molar-refractivity contribution in [1.82, 2.24) is 5.32 Å². The van der Waals surface area contributed by atoms with Gasteiger partial charge in [-0.2, -0.15) is 8.42 Å². The molecule has 176 valence electrons. The van der Waals surface area contributed by atoms with Gasteiger partial charge in [0.25, 0.3) is 10.0 Å². The summed E-state index contributed by atoms with van der Waals surface area (Å²) in [4.78, 5) is 39.6. The molecule has 0 radical (unpaired) electrons. The summed E-state index contributed by atoms with van der Waals surface area (Å²) >= 11 is 5.89. The Morgan fingerprint density at radius 3 is 2.66 bits per heavy atom. The van der Waals surface area contributed by atoms with Gasteiger partial charge in [0.2, 0.25) is 15.9 Å². The van der Waals surface area contributed by atoms with Crippen molar-refractivity contribution in [3.63, 3.8) is 0 Å². The second-order valence-electron chi connectivity index (χ2n) is 6.29. The molecule has 1 atom stereocenters. The van der Waals surface area contributed by atoms with Crippen molar-refractivity contribution in [3.8, 4) is 0 Å². The third-order valence-corrected chi connectivity index (χ3v) is 6.71. The van der Waals surface area contributed by atoms with Crippen molar-refractivity contribution in [1.29, 1.82) is 0 Å². The molecule has 2 rings (SSSR count). The lowest BCUT2D eigenvalue weighted by Crippen LogP contribution is -2.35. The Morgan fingerprint density at radius 2 is 2.03 bits per heavy atom. The minimum Gasteiger partial charge on any atom is -0.360 e. The third-order valence-electron chi connectivity index (χ3n) is 3.98. The Morgan fingerprint density at radius 1 is 1.31 bits per heavy atom. The molecule has 0 bridgehead atoms. The van der Waals surface area contributed by atoms with E-state index in [4.69, 9.17) is 16.7 Å². The number of amidine groups is 1. The summed E-state index contributed by atoms with van der Waals surface area (Å²) in [6.45, 7) is -0.588. The zero-order valence-corrected chi connectivity index (χ0v) is 18.4. The highest BCUT2D eigenvalue weighted by molar-refractivity contribution is 7.91. The highest BCUT2D eigenvalue weighted by atomic mass is 35.5. The molecule has 1 heterocycles. The van der Waals surface area contributed by atoms with Crippen LogP contribution in [-0.4, -0.2) is 47.8 Å². The Balaban J connectivity index is 1.97. The summed E-state index contributed by atoms with van der Waals surface area (Å²) in [5, 5.41) is 14.2. The molecular formula is C14H17ClN6O9S2. The van der Waals surface area contributed by atoms with E-state index in [1.54, 1.807) is 0 Å². The quantitative estimate of drug-likeness (QED) is 0.260. The first-order valence-electron chi connectivity index (χ1n) is 8.65. The number of hydrogen-bond donors (Lipinski definition) is 3. The normalized spacial score (nSPS) is 15.4. The molecule has 0 fully saturated rings. The molecule has 1 aliphatic heterocycles. The molecule has 0 aliphatic carbocycles. The number of benzene rings is 1. The van der Waals surface area contributed by atoms with Crippen LogP contribution in [0.5, 0.6) is 0 Å². The molecule has 0 saturated heterocycles. The Kier molecular flexibility index (Phi) is 8.42. The van der Waals surface area contributed by atoms with Gasteiger partial charge in [-0.05, 0) is 18.6 Å². The minimum atomic E-state index is -4.25. The summed E-state index contributed by atoms with van der Waals surface area (Å²) < 4.78 is 51.5. The van der Waals surface area contributed by atoms with Gasteiger partial charge in [0.05, 0.1) is 17.3 Å². The SMILES string of the molecule is NS(=O)(=O)c1cc2c(cc1Cl)NC(CCCC(=O)NC[C@@H](CON=O)ON=O)=NS2(=O)=O. The summed E-state index contributed by atoms with van der Waals surface area (Å²) in [7, 11) is -8.49. The number of primary sulfonamides is 1. The molecule has 1 aromatic rings. The summed E-state index contributed by atoms with van der Waals surface area (Å²) in [6.07, 6.45) is -0.844. The molecule has 0 saturated carbocycles. The van der Waals surface area contributed by atoms with E-state index in [0.717, 1.165) is 12.1 Å². The van der Waals surface area contributed by atoms with Gasteiger partial charge in [-0.25, -0.2) is 13.6 Å². The molecule has 32 heavy (non-hydrogen) atoms. The van der Waals surface area contributed by atoms with Gasteiger partial charge in [-0.3, -0.25) is 4.79 Å². The minimum absolute atomic E-state index is 0.0153. The molecule has 0 spiro atoms. The number of carbonyl (C=O) groups excluding carboxylic acids is 1. The van der Waals surface area contributed by atoms with E-state index >= 15 is 0 Å². The molecule has 4 N–H and O–H groups in total. The van der Waals surface area contributed by atoms with Crippen molar-refractivity contribution in [2.24, 2.45) is 20.2 Å². The van der Waals surface area contributed by atoms with Gasteiger partial charge in [-0.1, -0.05) is 11.6 Å². The summed E-state index contributed by atoms with van der Waals surface area (Å²) in [6, 6.07) is 1.92. The fourth-order valence-electron chi connectivity index (χ4n) is 2.58. The number of nitrogens with one attached hydrogen (secondary N) is 2. The van der Waals surface area contributed by atoms with Crippen LogP contribution in [0.4, 0.5) is 5.69 Å². The lowest BCUT2D eigenvalue weighted by atomic mass is 10.2. The van der Waals surface area contributed by atoms with E-state index in [-0.39, 0.29) is 42.4 Å². The van der Waals surface area contributed by atoms with Crippen molar-refractivity contribution in [3.05, 3.63) is 27.0 Å². The maximum Gasteiger partial charge on any atom is 0.286 e. The lowest BCUT2D eigenvalue weighted by Gasteiger charge is -2.19. The number of hydrogen-bond acceptors (Lipinski definition) is 12. The molecule has 1 aliphatic rings. The van der Waals surface area contributed by atoms with E-state index in [1.807, 2.05) is 0 Å².